The van der Waals surface area contributed by atoms with Crippen LogP contribution in [0.5, 0.6) is 0 Å². The maximum absolute atomic E-state index is 12.2. The lowest BCUT2D eigenvalue weighted by Gasteiger charge is -2.30. The molecule has 114 valence electrons. The lowest BCUT2D eigenvalue weighted by atomic mass is 9.98. The largest absolute Gasteiger partial charge is 0.466 e. The fourth-order valence-electron chi connectivity index (χ4n) is 2.44. The van der Waals surface area contributed by atoms with Gasteiger partial charge in [-0.2, -0.15) is 0 Å². The third-order valence-corrected chi connectivity index (χ3v) is 4.62. The Morgan fingerprint density at radius 3 is 3.00 bits per heavy atom. The van der Waals surface area contributed by atoms with Crippen LogP contribution in [0.2, 0.25) is 0 Å². The average molecular weight is 307 g/mol. The van der Waals surface area contributed by atoms with Gasteiger partial charge < -0.3 is 9.64 Å². The number of carbonyl (C=O) groups excluding carboxylic acids is 2. The third kappa shape index (κ3) is 4.17. The molecule has 5 heteroatoms. The van der Waals surface area contributed by atoms with E-state index < -0.39 is 0 Å². The van der Waals surface area contributed by atoms with E-state index in [1.54, 1.807) is 29.2 Å². The Labute approximate surface area is 129 Å². The predicted molar refractivity (Wildman–Crippen MR) is 84.0 cm³/mol. The van der Waals surface area contributed by atoms with Gasteiger partial charge >= 0.3 is 5.97 Å². The summed E-state index contributed by atoms with van der Waals surface area (Å²) in [4.78, 5) is 26.8. The first-order valence-electron chi connectivity index (χ1n) is 7.29. The van der Waals surface area contributed by atoms with Crippen molar-refractivity contribution < 1.29 is 14.3 Å². The lowest BCUT2D eigenvalue weighted by molar-refractivity contribution is -0.150. The first-order valence-corrected chi connectivity index (χ1v) is 8.17. The Kier molecular flexibility index (Phi) is 5.56. The van der Waals surface area contributed by atoms with Crippen molar-refractivity contribution in [3.05, 3.63) is 28.0 Å². The number of thiophene rings is 1. The fourth-order valence-corrected chi connectivity index (χ4v) is 3.26. The van der Waals surface area contributed by atoms with Gasteiger partial charge in [0.2, 0.25) is 5.91 Å². The molecule has 1 amide bonds. The maximum Gasteiger partial charge on any atom is 0.310 e. The van der Waals surface area contributed by atoms with Crippen LogP contribution < -0.4 is 0 Å². The topological polar surface area (TPSA) is 46.6 Å². The van der Waals surface area contributed by atoms with Gasteiger partial charge in [0.05, 0.1) is 12.5 Å². The Balaban J connectivity index is 1.94. The number of rotatable bonds is 4. The van der Waals surface area contributed by atoms with Gasteiger partial charge in [0.15, 0.2) is 0 Å². The number of hydrogen-bond donors (Lipinski definition) is 0. The Bertz CT molecular complexity index is 535. The Hall–Kier alpha value is -1.62. The Morgan fingerprint density at radius 2 is 2.33 bits per heavy atom. The summed E-state index contributed by atoms with van der Waals surface area (Å²) >= 11 is 1.62. The van der Waals surface area contributed by atoms with Crippen molar-refractivity contribution in [1.82, 2.24) is 4.90 Å². The SMILES string of the molecule is CCOC(=O)[C@@H]1CCCN(C(=O)/C=C/c2sccc2C)C1. The van der Waals surface area contributed by atoms with Gasteiger partial charge in [-0.1, -0.05) is 0 Å². The highest BCUT2D eigenvalue weighted by atomic mass is 32.1. The van der Waals surface area contributed by atoms with Crippen LogP contribution >= 0.6 is 11.3 Å². The summed E-state index contributed by atoms with van der Waals surface area (Å²) in [6, 6.07) is 2.03. The molecule has 1 saturated heterocycles. The number of nitrogens with zero attached hydrogens (tertiary/aromatic N) is 1. The molecule has 1 aliphatic heterocycles. The molecule has 21 heavy (non-hydrogen) atoms. The normalized spacial score (nSPS) is 19.0. The number of piperidine rings is 1. The molecule has 2 rings (SSSR count). The van der Waals surface area contributed by atoms with Crippen LogP contribution in [0, 0.1) is 12.8 Å². The number of aryl methyl sites for hydroxylation is 1. The smallest absolute Gasteiger partial charge is 0.310 e. The molecule has 1 aromatic rings. The summed E-state index contributed by atoms with van der Waals surface area (Å²) in [6.45, 7) is 5.39. The minimum Gasteiger partial charge on any atom is -0.466 e. The number of hydrogen-bond acceptors (Lipinski definition) is 4. The summed E-state index contributed by atoms with van der Waals surface area (Å²) < 4.78 is 5.05. The quantitative estimate of drug-likeness (QED) is 0.635. The van der Waals surface area contributed by atoms with Crippen LogP contribution in [-0.2, 0) is 14.3 Å². The highest BCUT2D eigenvalue weighted by Crippen LogP contribution is 2.20. The van der Waals surface area contributed by atoms with Crippen LogP contribution in [0.25, 0.3) is 6.08 Å². The molecule has 0 unspecified atom stereocenters. The van der Waals surface area contributed by atoms with E-state index in [0.717, 1.165) is 17.7 Å². The van der Waals surface area contributed by atoms with Gasteiger partial charge in [0, 0.05) is 24.0 Å². The molecule has 0 aromatic carbocycles. The molecule has 1 atom stereocenters. The zero-order valence-electron chi connectivity index (χ0n) is 12.5. The first-order chi connectivity index (χ1) is 10.1. The molecule has 0 aliphatic carbocycles. The van der Waals surface area contributed by atoms with Crippen molar-refractivity contribution in [2.75, 3.05) is 19.7 Å². The molecule has 1 aliphatic rings. The van der Waals surface area contributed by atoms with Gasteiger partial charge in [-0.3, -0.25) is 9.59 Å². The molecule has 0 saturated carbocycles. The zero-order valence-corrected chi connectivity index (χ0v) is 13.3. The molecule has 2 heterocycles. The number of likely N-dealkylation sites (tertiary alicyclic amines) is 1. The van der Waals surface area contributed by atoms with Crippen molar-refractivity contribution >= 4 is 29.3 Å². The van der Waals surface area contributed by atoms with Gasteiger partial charge in [0.1, 0.15) is 0 Å². The lowest BCUT2D eigenvalue weighted by Crippen LogP contribution is -2.42. The van der Waals surface area contributed by atoms with Crippen molar-refractivity contribution in [1.29, 1.82) is 0 Å². The monoisotopic (exact) mass is 307 g/mol. The van der Waals surface area contributed by atoms with Crippen LogP contribution in [0.1, 0.15) is 30.2 Å². The second-order valence-corrected chi connectivity index (χ2v) is 6.12. The number of carbonyl (C=O) groups is 2. The third-order valence-electron chi connectivity index (χ3n) is 3.63. The molecule has 4 nitrogen and oxygen atoms in total. The van der Waals surface area contributed by atoms with Gasteiger partial charge in [-0.05, 0) is 49.8 Å². The summed E-state index contributed by atoms with van der Waals surface area (Å²) in [6.07, 6.45) is 5.11. The van der Waals surface area contributed by atoms with E-state index in [1.807, 2.05) is 24.4 Å². The second-order valence-electron chi connectivity index (χ2n) is 5.18. The number of esters is 1. The molecular weight excluding hydrogens is 286 g/mol. The van der Waals surface area contributed by atoms with Crippen molar-refractivity contribution in [3.8, 4) is 0 Å². The highest BCUT2D eigenvalue weighted by molar-refractivity contribution is 7.11. The summed E-state index contributed by atoms with van der Waals surface area (Å²) in [5.74, 6) is -0.399. The molecule has 0 radical (unpaired) electrons. The summed E-state index contributed by atoms with van der Waals surface area (Å²) in [5.41, 5.74) is 1.17. The van der Waals surface area contributed by atoms with E-state index in [4.69, 9.17) is 4.74 Å². The van der Waals surface area contributed by atoms with E-state index in [0.29, 0.717) is 19.7 Å². The zero-order chi connectivity index (χ0) is 15.2. The van der Waals surface area contributed by atoms with Crippen molar-refractivity contribution in [2.24, 2.45) is 5.92 Å². The minimum absolute atomic E-state index is 0.0307. The average Bonchev–Trinajstić information content (AvgIpc) is 2.90. The van der Waals surface area contributed by atoms with Gasteiger partial charge in [-0.25, -0.2) is 0 Å². The van der Waals surface area contributed by atoms with Crippen molar-refractivity contribution in [3.63, 3.8) is 0 Å². The second kappa shape index (κ2) is 7.41. The van der Waals surface area contributed by atoms with E-state index >= 15 is 0 Å². The number of ether oxygens (including phenoxy) is 1. The minimum atomic E-state index is -0.187. The van der Waals surface area contributed by atoms with Gasteiger partial charge in [-0.15, -0.1) is 11.3 Å². The van der Waals surface area contributed by atoms with Crippen LogP contribution in [-0.4, -0.2) is 36.5 Å². The van der Waals surface area contributed by atoms with Crippen molar-refractivity contribution in [2.45, 2.75) is 26.7 Å². The van der Waals surface area contributed by atoms with E-state index in [9.17, 15) is 9.59 Å². The molecular formula is C16H21NO3S. The van der Waals surface area contributed by atoms with Gasteiger partial charge in [0.25, 0.3) is 0 Å². The Morgan fingerprint density at radius 1 is 1.52 bits per heavy atom. The van der Waals surface area contributed by atoms with Crippen LogP contribution in [0.3, 0.4) is 0 Å². The van der Waals surface area contributed by atoms with Crippen LogP contribution in [0.4, 0.5) is 0 Å². The number of amides is 1. The van der Waals surface area contributed by atoms with E-state index in [-0.39, 0.29) is 17.8 Å². The fraction of sp³-hybridized carbons (Fsp3) is 0.500. The highest BCUT2D eigenvalue weighted by Gasteiger charge is 2.28. The van der Waals surface area contributed by atoms with Crippen LogP contribution in [0.15, 0.2) is 17.5 Å². The molecule has 1 aromatic heterocycles. The van der Waals surface area contributed by atoms with E-state index in [2.05, 4.69) is 0 Å². The summed E-state index contributed by atoms with van der Waals surface area (Å²) in [7, 11) is 0. The van der Waals surface area contributed by atoms with E-state index in [1.165, 1.54) is 5.56 Å². The first kappa shape index (κ1) is 15.8. The standard InChI is InChI=1S/C16H21NO3S/c1-3-20-16(19)13-5-4-9-17(11-13)15(18)7-6-14-12(2)8-10-21-14/h6-8,10,13H,3-5,9,11H2,1-2H3/b7-6+/t13-/m1/s1. The molecule has 0 N–H and O–H groups in total. The molecule has 0 spiro atoms. The predicted octanol–water partition coefficient (Wildman–Crippen LogP) is 2.87. The molecule has 0 bridgehead atoms. The summed E-state index contributed by atoms with van der Waals surface area (Å²) in [5, 5.41) is 2.01. The molecule has 1 fully saturated rings. The maximum atomic E-state index is 12.2.